The van der Waals surface area contributed by atoms with E-state index in [1.54, 1.807) is 0 Å². The molecule has 2 aliphatic carbocycles. The van der Waals surface area contributed by atoms with E-state index in [9.17, 15) is 0 Å². The van der Waals surface area contributed by atoms with Crippen molar-refractivity contribution in [2.75, 3.05) is 4.90 Å². The summed E-state index contributed by atoms with van der Waals surface area (Å²) >= 11 is 6.44. The lowest BCUT2D eigenvalue weighted by Crippen LogP contribution is -2.17. The standard InChI is InChI=1S/C78H61N3.H2S2/c1-8-20-60-61-39-37-57(48-69(61)77(4,5)67(60)9-2)80-74-30-19-15-26-64(74)66-46-52(34-42-75(66)80)54-43-53(44-58(45-54)81-72-28-17-13-24-62(72)63-25-14-18-29-73(63)81)50-31-35-55(36-32-50)79(71-27-16-10-21-49(71)3)56-38-40-65-70(47-56)78(6,7)68-41-33-51-22-11-12-23-59(51)76(65)68;1-2/h8-48H,1H2,2-7H3;1-2H/b60-20-,67-9+;. The number of nitrogens with zero attached hydrogens (tertiary/aromatic N) is 3. The fraction of sp³-hybridized carbons (Fsp3) is 0.103. The van der Waals surface area contributed by atoms with Crippen molar-refractivity contribution in [3.8, 4) is 44.8 Å². The summed E-state index contributed by atoms with van der Waals surface area (Å²) in [7, 11) is 0. The molecule has 83 heavy (non-hydrogen) atoms. The molecular formula is C78H63N3S2. The molecule has 0 spiro atoms. The summed E-state index contributed by atoms with van der Waals surface area (Å²) < 4.78 is 4.92. The first-order valence-electron chi connectivity index (χ1n) is 28.7. The molecule has 3 nitrogen and oxygen atoms in total. The van der Waals surface area contributed by atoms with Crippen LogP contribution < -0.4 is 4.90 Å². The molecule has 402 valence electrons. The van der Waals surface area contributed by atoms with E-state index in [1.807, 2.05) is 6.08 Å². The maximum absolute atomic E-state index is 4.07. The van der Waals surface area contributed by atoms with Crippen LogP contribution in [0, 0.1) is 6.92 Å². The molecule has 2 aromatic heterocycles. The van der Waals surface area contributed by atoms with E-state index < -0.39 is 0 Å². The van der Waals surface area contributed by atoms with E-state index in [4.69, 9.17) is 0 Å². The predicted molar refractivity (Wildman–Crippen MR) is 363 cm³/mol. The Bertz CT molecular complexity index is 4810. The summed E-state index contributed by atoms with van der Waals surface area (Å²) in [4.78, 5) is 2.45. The van der Waals surface area contributed by atoms with Crippen molar-refractivity contribution in [2.24, 2.45) is 0 Å². The Balaban J connectivity index is 0.00000304. The van der Waals surface area contributed by atoms with Gasteiger partial charge in [-0.3, -0.25) is 0 Å². The van der Waals surface area contributed by atoms with Gasteiger partial charge in [-0.1, -0.05) is 192 Å². The predicted octanol–water partition coefficient (Wildman–Crippen LogP) is 22.0. The maximum Gasteiger partial charge on any atom is 0.0541 e. The lowest BCUT2D eigenvalue weighted by molar-refractivity contribution is 0.659. The molecule has 0 aliphatic heterocycles. The summed E-state index contributed by atoms with van der Waals surface area (Å²) in [6.45, 7) is 17.9. The second-order valence-corrected chi connectivity index (χ2v) is 23.3. The first kappa shape index (κ1) is 52.1. The summed E-state index contributed by atoms with van der Waals surface area (Å²) in [6.07, 6.45) is 6.35. The summed E-state index contributed by atoms with van der Waals surface area (Å²) in [5.74, 6) is 0. The molecule has 2 aliphatic rings. The number of thiol groups is 2. The number of anilines is 3. The van der Waals surface area contributed by atoms with Gasteiger partial charge < -0.3 is 14.0 Å². The van der Waals surface area contributed by atoms with Crippen LogP contribution in [0.3, 0.4) is 0 Å². The van der Waals surface area contributed by atoms with E-state index >= 15 is 0 Å². The van der Waals surface area contributed by atoms with Gasteiger partial charge in [-0.25, -0.2) is 0 Å². The van der Waals surface area contributed by atoms with Crippen LogP contribution in [-0.4, -0.2) is 9.13 Å². The summed E-state index contributed by atoms with van der Waals surface area (Å²) in [6, 6.07) is 86.4. The third-order valence-electron chi connectivity index (χ3n) is 18.1. The van der Waals surface area contributed by atoms with E-state index in [1.165, 1.54) is 110 Å². The zero-order valence-electron chi connectivity index (χ0n) is 47.6. The quantitative estimate of drug-likeness (QED) is 0.114. The van der Waals surface area contributed by atoms with E-state index in [-0.39, 0.29) is 10.8 Å². The molecule has 0 bridgehead atoms. The van der Waals surface area contributed by atoms with Crippen LogP contribution in [0.15, 0.2) is 261 Å². The van der Waals surface area contributed by atoms with Crippen molar-refractivity contribution < 1.29 is 0 Å². The number of fused-ring (bicyclic) bond motifs is 12. The van der Waals surface area contributed by atoms with Crippen molar-refractivity contribution in [3.05, 3.63) is 289 Å². The van der Waals surface area contributed by atoms with E-state index in [0.29, 0.717) is 0 Å². The first-order chi connectivity index (χ1) is 40.5. The minimum atomic E-state index is -0.170. The topological polar surface area (TPSA) is 13.1 Å². The van der Waals surface area contributed by atoms with Crippen molar-refractivity contribution in [3.63, 3.8) is 0 Å². The summed E-state index contributed by atoms with van der Waals surface area (Å²) in [5.41, 5.74) is 26.6. The number of aromatic nitrogens is 2. The van der Waals surface area contributed by atoms with Crippen molar-refractivity contribution in [1.82, 2.24) is 9.13 Å². The number of allylic oxidation sites excluding steroid dienone is 5. The van der Waals surface area contributed by atoms with Crippen LogP contribution in [0.25, 0.3) is 105 Å². The minimum Gasteiger partial charge on any atom is -0.310 e. The lowest BCUT2D eigenvalue weighted by Gasteiger charge is -2.29. The molecule has 11 aromatic carbocycles. The molecule has 13 aromatic rings. The molecule has 0 N–H and O–H groups in total. The van der Waals surface area contributed by atoms with Crippen LogP contribution in [0.2, 0.25) is 0 Å². The van der Waals surface area contributed by atoms with Gasteiger partial charge in [0.05, 0.1) is 22.1 Å². The highest BCUT2D eigenvalue weighted by Gasteiger charge is 2.39. The Kier molecular flexibility index (Phi) is 12.7. The molecule has 0 saturated carbocycles. The molecule has 0 amide bonds. The molecule has 5 heteroatoms. The van der Waals surface area contributed by atoms with Crippen molar-refractivity contribution in [1.29, 1.82) is 0 Å². The monoisotopic (exact) mass is 1110 g/mol. The highest BCUT2D eigenvalue weighted by atomic mass is 33.1. The van der Waals surface area contributed by atoms with Crippen molar-refractivity contribution >= 4 is 100 Å². The Morgan fingerprint density at radius 2 is 0.988 bits per heavy atom. The number of rotatable bonds is 8. The zero-order valence-corrected chi connectivity index (χ0v) is 49.4. The average Bonchev–Trinajstić information content (AvgIpc) is 2.79. The fourth-order valence-corrected chi connectivity index (χ4v) is 14.2. The Morgan fingerprint density at radius 1 is 0.434 bits per heavy atom. The number of hydrogen-bond acceptors (Lipinski definition) is 3. The van der Waals surface area contributed by atoms with Crippen LogP contribution in [-0.2, 0) is 10.8 Å². The Morgan fingerprint density at radius 3 is 1.66 bits per heavy atom. The highest BCUT2D eigenvalue weighted by molar-refractivity contribution is 8.59. The number of para-hydroxylation sites is 4. The van der Waals surface area contributed by atoms with Gasteiger partial charge in [0, 0.05) is 60.8 Å². The van der Waals surface area contributed by atoms with Crippen LogP contribution in [0.4, 0.5) is 17.1 Å². The SMILES string of the molecule is C=C/C=C1\C(=C/C)C(C)(C)c2cc(-n3c4ccccc4c4cc(-c5cc(-c6ccc(N(c7ccc8c(c7)C(C)(C)c7ccc9ccccc9c7-8)c7ccccc7C)cc6)cc(-n6c7ccccc7c7ccccc76)c5)ccc43)ccc21.SS. The van der Waals surface area contributed by atoms with E-state index in [0.717, 1.165) is 45.1 Å². The second kappa shape index (κ2) is 20.2. The average molecular weight is 1110 g/mol. The van der Waals surface area contributed by atoms with Crippen LogP contribution in [0.5, 0.6) is 0 Å². The van der Waals surface area contributed by atoms with Gasteiger partial charge in [0.1, 0.15) is 0 Å². The first-order valence-corrected chi connectivity index (χ1v) is 30.3. The van der Waals surface area contributed by atoms with Gasteiger partial charge >= 0.3 is 0 Å². The smallest absolute Gasteiger partial charge is 0.0541 e. The van der Waals surface area contributed by atoms with Gasteiger partial charge in [-0.2, -0.15) is 0 Å². The second-order valence-electron chi connectivity index (χ2n) is 23.3. The molecule has 0 fully saturated rings. The molecule has 2 heterocycles. The largest absolute Gasteiger partial charge is 0.310 e. The van der Waals surface area contributed by atoms with Crippen molar-refractivity contribution in [2.45, 2.75) is 52.4 Å². The third kappa shape index (κ3) is 8.11. The fourth-order valence-electron chi connectivity index (χ4n) is 14.2. The molecule has 0 atom stereocenters. The molecule has 0 unspecified atom stereocenters. The van der Waals surface area contributed by atoms with Gasteiger partial charge in [0.25, 0.3) is 0 Å². The molecule has 15 rings (SSSR count). The number of benzene rings is 11. The normalized spacial score (nSPS) is 14.8. The van der Waals surface area contributed by atoms with Gasteiger partial charge in [0.2, 0.25) is 0 Å². The van der Waals surface area contributed by atoms with Crippen LogP contribution >= 0.6 is 23.3 Å². The number of hydrogen-bond donors (Lipinski definition) is 2. The zero-order chi connectivity index (χ0) is 56.9. The van der Waals surface area contributed by atoms with E-state index in [2.05, 4.69) is 328 Å². The molecule has 0 saturated heterocycles. The van der Waals surface area contributed by atoms with Gasteiger partial charge in [0.15, 0.2) is 0 Å². The maximum atomic E-state index is 4.07. The Hall–Kier alpha value is -9.00. The summed E-state index contributed by atoms with van der Waals surface area (Å²) in [5, 5.41) is 7.53. The minimum absolute atomic E-state index is 0.149. The van der Waals surface area contributed by atoms with Crippen LogP contribution in [0.1, 0.15) is 62.4 Å². The Labute approximate surface area is 497 Å². The highest BCUT2D eigenvalue weighted by Crippen LogP contribution is 2.54. The molecular weight excluding hydrogens is 1040 g/mol. The van der Waals surface area contributed by atoms with Gasteiger partial charge in [-0.15, -0.1) is 23.3 Å². The number of aryl methyl sites for hydroxylation is 1. The third-order valence-corrected chi connectivity index (χ3v) is 18.1. The molecule has 0 radical (unpaired) electrons. The van der Waals surface area contributed by atoms with Gasteiger partial charge in [-0.05, 0) is 188 Å². The lowest BCUT2D eigenvalue weighted by atomic mass is 9.82.